The molecule has 0 saturated heterocycles. The van der Waals surface area contributed by atoms with Crippen LogP contribution in [-0.2, 0) is 10.9 Å². The number of aromatic nitrogens is 2. The minimum atomic E-state index is -4.81. The summed E-state index contributed by atoms with van der Waals surface area (Å²) in [5, 5.41) is 17.1. The number of rotatable bonds is 6. The number of carbonyl (C=O) groups is 2. The van der Waals surface area contributed by atoms with Crippen LogP contribution in [0.4, 0.5) is 24.5 Å². The zero-order valence-corrected chi connectivity index (χ0v) is 16.4. The van der Waals surface area contributed by atoms with E-state index in [2.05, 4.69) is 10.4 Å². The molecule has 0 spiro atoms. The summed E-state index contributed by atoms with van der Waals surface area (Å²) in [6, 6.07) is 7.47. The Morgan fingerprint density at radius 1 is 1.19 bits per heavy atom. The zero-order chi connectivity index (χ0) is 23.5. The number of amides is 1. The summed E-state index contributed by atoms with van der Waals surface area (Å²) in [4.78, 5) is 34.9. The third kappa shape index (κ3) is 4.91. The van der Waals surface area contributed by atoms with E-state index < -0.39 is 39.9 Å². The molecule has 166 valence electrons. The quantitative estimate of drug-likeness (QED) is 0.343. The van der Waals surface area contributed by atoms with Gasteiger partial charge in [-0.1, -0.05) is 0 Å². The minimum Gasteiger partial charge on any atom is -0.462 e. The minimum absolute atomic E-state index is 0.0133. The number of esters is 1. The maximum atomic E-state index is 13.6. The van der Waals surface area contributed by atoms with Gasteiger partial charge in [-0.3, -0.25) is 14.9 Å². The lowest BCUT2D eigenvalue weighted by Crippen LogP contribution is -2.18. The smallest absolute Gasteiger partial charge is 0.418 e. The van der Waals surface area contributed by atoms with Crippen LogP contribution in [0.5, 0.6) is 0 Å². The molecule has 1 amide bonds. The molecule has 9 nitrogen and oxygen atoms in total. The van der Waals surface area contributed by atoms with Crippen LogP contribution in [0.15, 0.2) is 54.9 Å². The van der Waals surface area contributed by atoms with Gasteiger partial charge >= 0.3 is 12.1 Å². The Balaban J connectivity index is 1.99. The van der Waals surface area contributed by atoms with Crippen molar-refractivity contribution >= 4 is 23.3 Å². The molecule has 2 aromatic carbocycles. The number of benzene rings is 2. The molecule has 3 aromatic rings. The van der Waals surface area contributed by atoms with E-state index in [1.807, 2.05) is 0 Å². The highest BCUT2D eigenvalue weighted by Gasteiger charge is 2.34. The molecule has 12 heteroatoms. The first-order valence-corrected chi connectivity index (χ1v) is 9.09. The first-order valence-electron chi connectivity index (χ1n) is 9.09. The molecule has 0 aliphatic carbocycles. The van der Waals surface area contributed by atoms with Crippen LogP contribution in [0, 0.1) is 10.1 Å². The number of alkyl halides is 3. The number of nitro groups is 1. The van der Waals surface area contributed by atoms with Crippen molar-refractivity contribution in [1.82, 2.24) is 9.78 Å². The number of ether oxygens (including phenoxy) is 1. The van der Waals surface area contributed by atoms with Gasteiger partial charge in [0, 0.05) is 30.1 Å². The Morgan fingerprint density at radius 2 is 1.91 bits per heavy atom. The van der Waals surface area contributed by atoms with Crippen LogP contribution in [0.25, 0.3) is 5.69 Å². The summed E-state index contributed by atoms with van der Waals surface area (Å²) in [6.07, 6.45) is -1.97. The number of anilines is 1. The summed E-state index contributed by atoms with van der Waals surface area (Å²) >= 11 is 0. The van der Waals surface area contributed by atoms with E-state index >= 15 is 0 Å². The lowest BCUT2D eigenvalue weighted by Gasteiger charge is -2.15. The molecule has 0 saturated carbocycles. The van der Waals surface area contributed by atoms with E-state index in [9.17, 15) is 32.9 Å². The van der Waals surface area contributed by atoms with Gasteiger partial charge in [0.15, 0.2) is 0 Å². The van der Waals surface area contributed by atoms with Crippen LogP contribution in [0.3, 0.4) is 0 Å². The monoisotopic (exact) mass is 448 g/mol. The molecule has 1 heterocycles. The average molecular weight is 448 g/mol. The largest absolute Gasteiger partial charge is 0.462 e. The van der Waals surface area contributed by atoms with Crippen LogP contribution in [-0.4, -0.2) is 33.2 Å². The van der Waals surface area contributed by atoms with Gasteiger partial charge in [0.05, 0.1) is 34.0 Å². The van der Waals surface area contributed by atoms with Crippen molar-refractivity contribution in [3.05, 3.63) is 81.7 Å². The molecule has 1 aromatic heterocycles. The van der Waals surface area contributed by atoms with Crippen molar-refractivity contribution in [1.29, 1.82) is 0 Å². The summed E-state index contributed by atoms with van der Waals surface area (Å²) < 4.78 is 46.8. The van der Waals surface area contributed by atoms with E-state index in [4.69, 9.17) is 4.74 Å². The van der Waals surface area contributed by atoms with Crippen molar-refractivity contribution < 1.29 is 32.4 Å². The summed E-state index contributed by atoms with van der Waals surface area (Å²) in [6.45, 7) is 1.51. The fourth-order valence-electron chi connectivity index (χ4n) is 2.81. The van der Waals surface area contributed by atoms with Crippen LogP contribution >= 0.6 is 0 Å². The Bertz CT molecular complexity index is 1180. The number of hydrogen-bond acceptors (Lipinski definition) is 6. The Hall–Kier alpha value is -4.22. The molecule has 0 bridgehead atoms. The summed E-state index contributed by atoms with van der Waals surface area (Å²) in [7, 11) is 0. The van der Waals surface area contributed by atoms with E-state index in [-0.39, 0.29) is 23.4 Å². The molecule has 32 heavy (non-hydrogen) atoms. The number of carbonyl (C=O) groups excluding carboxylic acids is 2. The summed E-state index contributed by atoms with van der Waals surface area (Å²) in [5.41, 5.74) is -2.86. The first kappa shape index (κ1) is 22.5. The molecule has 0 unspecified atom stereocenters. The summed E-state index contributed by atoms with van der Waals surface area (Å²) in [5.74, 6) is -1.98. The third-order valence-electron chi connectivity index (χ3n) is 4.23. The molecule has 0 radical (unpaired) electrons. The molecular weight excluding hydrogens is 433 g/mol. The van der Waals surface area contributed by atoms with Gasteiger partial charge < -0.3 is 10.1 Å². The number of nitrogens with one attached hydrogen (secondary N) is 1. The van der Waals surface area contributed by atoms with Gasteiger partial charge in [0.1, 0.15) is 0 Å². The molecular formula is C20H15F3N4O5. The van der Waals surface area contributed by atoms with Gasteiger partial charge in [0.2, 0.25) is 0 Å². The van der Waals surface area contributed by atoms with Gasteiger partial charge in [-0.2, -0.15) is 18.3 Å². The van der Waals surface area contributed by atoms with E-state index in [1.165, 1.54) is 36.1 Å². The second-order valence-electron chi connectivity index (χ2n) is 6.38. The lowest BCUT2D eigenvalue weighted by molar-refractivity contribution is -0.384. The highest BCUT2D eigenvalue weighted by atomic mass is 19.4. The lowest BCUT2D eigenvalue weighted by atomic mass is 10.1. The molecule has 0 fully saturated rings. The van der Waals surface area contributed by atoms with Gasteiger partial charge in [-0.25, -0.2) is 9.48 Å². The fourth-order valence-corrected chi connectivity index (χ4v) is 2.81. The predicted molar refractivity (Wildman–Crippen MR) is 106 cm³/mol. The van der Waals surface area contributed by atoms with E-state index in [1.54, 1.807) is 0 Å². The Morgan fingerprint density at radius 3 is 2.50 bits per heavy atom. The van der Waals surface area contributed by atoms with Gasteiger partial charge in [-0.15, -0.1) is 0 Å². The first-order chi connectivity index (χ1) is 15.1. The van der Waals surface area contributed by atoms with Gasteiger partial charge in [0.25, 0.3) is 11.6 Å². The normalized spacial score (nSPS) is 11.1. The Kier molecular flexibility index (Phi) is 6.23. The molecule has 1 N–H and O–H groups in total. The SMILES string of the molecule is CCOC(=O)c1cc(C(=O)Nc2ccc(-n3cccn3)cc2C(F)(F)F)cc([N+](=O)[O-])c1. The standard InChI is InChI=1S/C20H15F3N4O5/c1-2-32-19(29)13-8-12(9-15(10-13)27(30)31)18(28)25-17-5-4-14(26-7-3-6-24-26)11-16(17)20(21,22)23/h3-11H,2H2,1H3,(H,25,28). The van der Waals surface area contributed by atoms with Gasteiger partial charge in [-0.05, 0) is 37.3 Å². The number of nitro benzene ring substituents is 1. The number of hydrogen-bond donors (Lipinski definition) is 1. The topological polar surface area (TPSA) is 116 Å². The maximum Gasteiger partial charge on any atom is 0.418 e. The number of nitrogens with zero attached hydrogens (tertiary/aromatic N) is 3. The van der Waals surface area contributed by atoms with Crippen molar-refractivity contribution in [2.45, 2.75) is 13.1 Å². The maximum absolute atomic E-state index is 13.6. The highest BCUT2D eigenvalue weighted by molar-refractivity contribution is 6.06. The molecule has 0 aliphatic heterocycles. The van der Waals surface area contributed by atoms with Crippen molar-refractivity contribution in [3.8, 4) is 5.69 Å². The van der Waals surface area contributed by atoms with Crippen molar-refractivity contribution in [2.24, 2.45) is 0 Å². The highest BCUT2D eigenvalue weighted by Crippen LogP contribution is 2.36. The third-order valence-corrected chi connectivity index (χ3v) is 4.23. The van der Waals surface area contributed by atoms with Crippen molar-refractivity contribution in [2.75, 3.05) is 11.9 Å². The van der Waals surface area contributed by atoms with Crippen LogP contribution in [0.2, 0.25) is 0 Å². The van der Waals surface area contributed by atoms with Crippen molar-refractivity contribution in [3.63, 3.8) is 0 Å². The van der Waals surface area contributed by atoms with E-state index in [0.717, 1.165) is 30.3 Å². The average Bonchev–Trinajstić information content (AvgIpc) is 3.28. The number of halogens is 3. The zero-order valence-electron chi connectivity index (χ0n) is 16.4. The molecule has 0 atom stereocenters. The van der Waals surface area contributed by atoms with Crippen LogP contribution < -0.4 is 5.32 Å². The second-order valence-corrected chi connectivity index (χ2v) is 6.38. The van der Waals surface area contributed by atoms with E-state index in [0.29, 0.717) is 0 Å². The predicted octanol–water partition coefficient (Wildman–Crippen LogP) is 4.23. The molecule has 0 aliphatic rings. The number of non-ortho nitro benzene ring substituents is 1. The molecule has 3 rings (SSSR count). The fraction of sp³-hybridized carbons (Fsp3) is 0.150. The Labute approximate surface area is 178 Å². The van der Waals surface area contributed by atoms with Crippen LogP contribution in [0.1, 0.15) is 33.2 Å². The second kappa shape index (κ2) is 8.88.